The molecular weight excluding hydrogens is 1010 g/mol. The van der Waals surface area contributed by atoms with Crippen molar-refractivity contribution in [3.8, 4) is 34.2 Å². The summed E-state index contributed by atoms with van der Waals surface area (Å²) < 4.78 is 31.1. The molecule has 0 N–H and O–H groups in total. The third kappa shape index (κ3) is 8.24. The van der Waals surface area contributed by atoms with Crippen LogP contribution in [0.4, 0.5) is 0 Å². The fourth-order valence-electron chi connectivity index (χ4n) is 9.60. The minimum atomic E-state index is -2.18. The summed E-state index contributed by atoms with van der Waals surface area (Å²) in [4.78, 5) is 10.2. The van der Waals surface area contributed by atoms with Gasteiger partial charge in [-0.05, 0) is 116 Å². The van der Waals surface area contributed by atoms with Gasteiger partial charge < -0.3 is 9.13 Å². The van der Waals surface area contributed by atoms with Gasteiger partial charge in [-0.15, -0.1) is 54.1 Å². The van der Waals surface area contributed by atoms with Crippen LogP contribution in [0.15, 0.2) is 152 Å². The Labute approximate surface area is 416 Å². The second-order valence-electron chi connectivity index (χ2n) is 18.6. The van der Waals surface area contributed by atoms with Gasteiger partial charge in [0.2, 0.25) is 0 Å². The predicted octanol–water partition coefficient (Wildman–Crippen LogP) is 17.3. The van der Waals surface area contributed by atoms with Crippen molar-refractivity contribution in [3.63, 3.8) is 0 Å². The maximum Gasteiger partial charge on any atom is 0.0774 e. The van der Waals surface area contributed by atoms with Crippen molar-refractivity contribution in [2.75, 3.05) is 0 Å². The summed E-state index contributed by atoms with van der Waals surface area (Å²) in [5, 5.41) is 3.96. The first-order valence-electron chi connectivity index (χ1n) is 24.7. The molecule has 0 atom stereocenters. The second-order valence-corrected chi connectivity index (χ2v) is 19.6. The molecule has 0 bridgehead atoms. The molecule has 0 aliphatic heterocycles. The molecule has 337 valence electrons. The smallest absolute Gasteiger partial charge is 0.0774 e. The Morgan fingerprint density at radius 2 is 1.04 bits per heavy atom. The minimum absolute atomic E-state index is 0. The number of thiophene rings is 1. The Morgan fingerprint density at radius 1 is 0.507 bits per heavy atom. The molecular formula is C61H56IrN4S-2. The first-order chi connectivity index (χ1) is 33.2. The molecule has 4 nitrogen and oxygen atoms in total. The van der Waals surface area contributed by atoms with Crippen LogP contribution in [0, 0.1) is 19.0 Å². The van der Waals surface area contributed by atoms with E-state index < -0.39 is 6.85 Å². The van der Waals surface area contributed by atoms with Crippen molar-refractivity contribution in [1.82, 2.24) is 19.1 Å². The maximum atomic E-state index is 8.09. The van der Waals surface area contributed by atoms with Crippen molar-refractivity contribution in [2.24, 2.45) is 0 Å². The van der Waals surface area contributed by atoms with E-state index in [4.69, 9.17) is 14.1 Å². The zero-order valence-electron chi connectivity index (χ0n) is 42.3. The Morgan fingerprint density at radius 3 is 1.60 bits per heavy atom. The number of aryl methyl sites for hydroxylation is 1. The number of nitrogens with zero attached hydrogens (tertiary/aromatic N) is 4. The van der Waals surface area contributed by atoms with Gasteiger partial charge in [-0.3, -0.25) is 9.97 Å². The number of rotatable bonds is 8. The molecule has 0 spiro atoms. The maximum absolute atomic E-state index is 8.09. The van der Waals surface area contributed by atoms with Crippen LogP contribution in [0.1, 0.15) is 111 Å². The second kappa shape index (κ2) is 18.8. The van der Waals surface area contributed by atoms with Crippen molar-refractivity contribution < 1.29 is 24.2 Å². The molecule has 67 heavy (non-hydrogen) atoms. The van der Waals surface area contributed by atoms with Crippen molar-refractivity contribution in [1.29, 1.82) is 0 Å². The number of imidazole rings is 2. The molecule has 3 heterocycles. The van der Waals surface area contributed by atoms with Crippen LogP contribution in [0.3, 0.4) is 0 Å². The van der Waals surface area contributed by atoms with Crippen LogP contribution in [0.5, 0.6) is 0 Å². The molecule has 8 aromatic carbocycles. The molecule has 0 aliphatic carbocycles. The molecule has 1 radical (unpaired) electrons. The summed E-state index contributed by atoms with van der Waals surface area (Å²) in [5.74, 6) is 3.33. The molecule has 11 aromatic rings. The molecule has 0 saturated heterocycles. The summed E-state index contributed by atoms with van der Waals surface area (Å²) >= 11 is 1.68. The van der Waals surface area contributed by atoms with Crippen LogP contribution < -0.4 is 0 Å². The summed E-state index contributed by atoms with van der Waals surface area (Å²) in [6.07, 6.45) is 0. The van der Waals surface area contributed by atoms with Crippen LogP contribution >= 0.6 is 11.3 Å². The van der Waals surface area contributed by atoms with Gasteiger partial charge in [0.1, 0.15) is 0 Å². The molecule has 0 unspecified atom stereocenters. The van der Waals surface area contributed by atoms with Crippen LogP contribution in [-0.2, 0) is 20.1 Å². The Kier molecular flexibility index (Phi) is 11.9. The molecule has 0 fully saturated rings. The van der Waals surface area contributed by atoms with Gasteiger partial charge in [0, 0.05) is 40.3 Å². The standard InChI is InChI=1S/C36H31N2S.C25H25N2.Ir/c1-21(2)25-13-9-14-26(22(3)4)34(25)38-32-18-7-6-17-31(32)37-36(38)28-16-10-15-27-30-19-24-12-8-11-23(5)29(24)20-33(30)39-35(27)28;1-17(2)20-13-10-14-21(18(3)4)24(20)27-23-16-9-8-15-22(23)26-25(27)19-11-6-5-7-12-19;/h6-15,17-22H,1-5H3;5-11,13-18H,1-4H3;/q2*-1;/i5D3;;. The van der Waals surface area contributed by atoms with E-state index in [0.717, 1.165) is 75.8 Å². The third-order valence-electron chi connectivity index (χ3n) is 12.9. The summed E-state index contributed by atoms with van der Waals surface area (Å²) in [6.45, 7) is 15.9. The monoisotopic (exact) mass is 1070 g/mol. The van der Waals surface area contributed by atoms with E-state index in [9.17, 15) is 0 Å². The van der Waals surface area contributed by atoms with Gasteiger partial charge in [0.15, 0.2) is 0 Å². The van der Waals surface area contributed by atoms with Crippen molar-refractivity contribution in [2.45, 2.75) is 85.9 Å². The van der Waals surface area contributed by atoms with Gasteiger partial charge in [-0.1, -0.05) is 145 Å². The van der Waals surface area contributed by atoms with E-state index in [0.29, 0.717) is 29.2 Å². The normalized spacial score (nSPS) is 12.6. The topological polar surface area (TPSA) is 35.6 Å². The first kappa shape index (κ1) is 42.2. The van der Waals surface area contributed by atoms with Crippen molar-refractivity contribution >= 4 is 64.3 Å². The number of benzene rings is 8. The zero-order chi connectivity index (χ0) is 48.3. The largest absolute Gasteiger partial charge is 0.333 e. The molecule has 0 amide bonds. The van der Waals surface area contributed by atoms with E-state index in [1.165, 1.54) is 33.6 Å². The van der Waals surface area contributed by atoms with Crippen LogP contribution in [-0.4, -0.2) is 19.1 Å². The summed E-state index contributed by atoms with van der Waals surface area (Å²) in [7, 11) is 0. The van der Waals surface area contributed by atoms with Crippen molar-refractivity contribution in [3.05, 3.63) is 192 Å². The molecule has 6 heteroatoms. The summed E-state index contributed by atoms with van der Waals surface area (Å²) in [5.41, 5.74) is 14.3. The number of hydrogen-bond donors (Lipinski definition) is 0. The predicted molar refractivity (Wildman–Crippen MR) is 282 cm³/mol. The Bertz CT molecular complexity index is 3640. The van der Waals surface area contributed by atoms with E-state index in [1.54, 1.807) is 17.4 Å². The fourth-order valence-corrected chi connectivity index (χ4v) is 10.8. The molecule has 11 rings (SSSR count). The van der Waals surface area contributed by atoms with Gasteiger partial charge in [0.25, 0.3) is 0 Å². The van der Waals surface area contributed by atoms with E-state index >= 15 is 0 Å². The number of aromatic nitrogens is 4. The van der Waals surface area contributed by atoms with E-state index in [-0.39, 0.29) is 20.1 Å². The number of para-hydroxylation sites is 6. The number of fused-ring (bicyclic) bond motifs is 6. The number of hydrogen-bond acceptors (Lipinski definition) is 3. The van der Waals surface area contributed by atoms with Gasteiger partial charge >= 0.3 is 0 Å². The fraction of sp³-hybridized carbons (Fsp3) is 0.213. The van der Waals surface area contributed by atoms with Gasteiger partial charge in [0.05, 0.1) is 33.7 Å². The summed E-state index contributed by atoms with van der Waals surface area (Å²) in [6, 6.07) is 59.0. The Balaban J connectivity index is 0.000000188. The van der Waals surface area contributed by atoms with Gasteiger partial charge in [-0.25, -0.2) is 0 Å². The molecule has 3 aromatic heterocycles. The quantitative estimate of drug-likeness (QED) is 0.142. The average Bonchev–Trinajstić information content (AvgIpc) is 4.04. The average molecular weight is 1070 g/mol. The SMILES string of the molecule is CC(C)c1cccc(C(C)C)c1-n1c(-c2[c-]cccc2)nc2ccccc21.[2H]C([2H])([2H])c1cccc2cc3c(cc12)sc1c(-c2nc4ccccc4n2-c2c(C(C)C)cccc2C(C)C)[c-]ccc13.[Ir]. The zero-order valence-corrected chi connectivity index (χ0v) is 42.5. The van der Waals surface area contributed by atoms with E-state index in [2.05, 4.69) is 180 Å². The third-order valence-corrected chi connectivity index (χ3v) is 14.0. The van der Waals surface area contributed by atoms with Crippen LogP contribution in [0.2, 0.25) is 0 Å². The van der Waals surface area contributed by atoms with E-state index in [1.807, 2.05) is 42.5 Å². The first-order valence-corrected chi connectivity index (χ1v) is 24.0. The van der Waals surface area contributed by atoms with Gasteiger partial charge in [-0.2, -0.15) is 11.3 Å². The molecule has 0 saturated carbocycles. The van der Waals surface area contributed by atoms with Crippen LogP contribution in [0.25, 0.3) is 87.2 Å². The Hall–Kier alpha value is -6.17. The molecule has 0 aliphatic rings. The minimum Gasteiger partial charge on any atom is -0.333 e.